The standard InChI is InChI=1S/C16H31N3O2/c1-14-5-9-18(10-6-14)8-4-7-17-15(20)19-11-12-21-16(2,3)13-19/h14H,4-13H2,1-3H3,(H,17,20). The van der Waals surface area contributed by atoms with Crippen molar-refractivity contribution in [1.82, 2.24) is 15.1 Å². The molecule has 2 aliphatic heterocycles. The second kappa shape index (κ2) is 7.45. The fourth-order valence-electron chi connectivity index (χ4n) is 3.09. The first-order chi connectivity index (χ1) is 9.96. The predicted molar refractivity (Wildman–Crippen MR) is 84.5 cm³/mol. The van der Waals surface area contributed by atoms with Crippen molar-refractivity contribution in [3.63, 3.8) is 0 Å². The molecule has 0 spiro atoms. The molecule has 21 heavy (non-hydrogen) atoms. The van der Waals surface area contributed by atoms with Crippen LogP contribution in [0, 0.1) is 5.92 Å². The number of carbonyl (C=O) groups is 1. The highest BCUT2D eigenvalue weighted by Crippen LogP contribution is 2.17. The summed E-state index contributed by atoms with van der Waals surface area (Å²) in [7, 11) is 0. The lowest BCUT2D eigenvalue weighted by molar-refractivity contribution is -0.0733. The summed E-state index contributed by atoms with van der Waals surface area (Å²) in [6.45, 7) is 12.7. The number of hydrogen-bond acceptors (Lipinski definition) is 3. The molecule has 1 N–H and O–H groups in total. The van der Waals surface area contributed by atoms with E-state index < -0.39 is 0 Å². The number of rotatable bonds is 4. The van der Waals surface area contributed by atoms with E-state index in [4.69, 9.17) is 4.74 Å². The molecule has 0 atom stereocenters. The van der Waals surface area contributed by atoms with E-state index in [0.29, 0.717) is 19.7 Å². The van der Waals surface area contributed by atoms with E-state index in [9.17, 15) is 4.79 Å². The summed E-state index contributed by atoms with van der Waals surface area (Å²) in [5.74, 6) is 0.880. The van der Waals surface area contributed by atoms with Crippen molar-refractivity contribution in [3.8, 4) is 0 Å². The van der Waals surface area contributed by atoms with Gasteiger partial charge in [-0.05, 0) is 58.7 Å². The Bertz CT molecular complexity index is 338. The highest BCUT2D eigenvalue weighted by Gasteiger charge is 2.29. The van der Waals surface area contributed by atoms with E-state index in [-0.39, 0.29) is 11.6 Å². The fourth-order valence-corrected chi connectivity index (χ4v) is 3.09. The molecule has 122 valence electrons. The molecule has 5 heteroatoms. The van der Waals surface area contributed by atoms with Crippen molar-refractivity contribution in [2.45, 2.75) is 45.6 Å². The van der Waals surface area contributed by atoms with Gasteiger partial charge in [0.05, 0.1) is 18.8 Å². The van der Waals surface area contributed by atoms with Crippen molar-refractivity contribution < 1.29 is 9.53 Å². The number of piperidine rings is 1. The van der Waals surface area contributed by atoms with Gasteiger partial charge in [0.2, 0.25) is 0 Å². The average molecular weight is 297 g/mol. The highest BCUT2D eigenvalue weighted by atomic mass is 16.5. The second-order valence-electron chi connectivity index (χ2n) is 7.14. The molecule has 2 saturated heterocycles. The molecular weight excluding hydrogens is 266 g/mol. The molecule has 2 aliphatic rings. The van der Waals surface area contributed by atoms with Crippen molar-refractivity contribution in [2.24, 2.45) is 5.92 Å². The van der Waals surface area contributed by atoms with Crippen LogP contribution in [0.4, 0.5) is 4.79 Å². The van der Waals surface area contributed by atoms with Gasteiger partial charge in [0.1, 0.15) is 0 Å². The Balaban J connectivity index is 1.59. The average Bonchev–Trinajstić information content (AvgIpc) is 2.44. The minimum Gasteiger partial charge on any atom is -0.372 e. The lowest BCUT2D eigenvalue weighted by atomic mass is 9.99. The lowest BCUT2D eigenvalue weighted by Crippen LogP contribution is -2.53. The lowest BCUT2D eigenvalue weighted by Gasteiger charge is -2.38. The zero-order valence-corrected chi connectivity index (χ0v) is 13.9. The van der Waals surface area contributed by atoms with Gasteiger partial charge in [0.15, 0.2) is 0 Å². The van der Waals surface area contributed by atoms with Gasteiger partial charge in [0, 0.05) is 13.1 Å². The minimum atomic E-state index is -0.222. The SMILES string of the molecule is CC1CCN(CCCNC(=O)N2CCOC(C)(C)C2)CC1. The number of nitrogens with zero attached hydrogens (tertiary/aromatic N) is 2. The van der Waals surface area contributed by atoms with Crippen LogP contribution in [0.3, 0.4) is 0 Å². The zero-order valence-electron chi connectivity index (χ0n) is 13.9. The molecule has 0 saturated carbocycles. The topological polar surface area (TPSA) is 44.8 Å². The number of hydrogen-bond donors (Lipinski definition) is 1. The van der Waals surface area contributed by atoms with Crippen LogP contribution in [-0.4, -0.2) is 67.3 Å². The second-order valence-corrected chi connectivity index (χ2v) is 7.14. The van der Waals surface area contributed by atoms with Crippen LogP contribution in [0.1, 0.15) is 40.0 Å². The molecule has 5 nitrogen and oxygen atoms in total. The number of carbonyl (C=O) groups excluding carboxylic acids is 1. The summed E-state index contributed by atoms with van der Waals surface area (Å²) in [5, 5.41) is 3.04. The van der Waals surface area contributed by atoms with Crippen LogP contribution >= 0.6 is 0 Å². The molecule has 2 amide bonds. The van der Waals surface area contributed by atoms with Crippen LogP contribution in [0.15, 0.2) is 0 Å². The third-order valence-corrected chi connectivity index (χ3v) is 4.52. The molecule has 0 unspecified atom stereocenters. The molecule has 0 radical (unpaired) electrons. The maximum absolute atomic E-state index is 12.1. The Morgan fingerprint density at radius 2 is 2.00 bits per heavy atom. The Morgan fingerprint density at radius 3 is 2.67 bits per heavy atom. The van der Waals surface area contributed by atoms with Gasteiger partial charge >= 0.3 is 6.03 Å². The van der Waals surface area contributed by atoms with Crippen molar-refractivity contribution in [1.29, 1.82) is 0 Å². The molecular formula is C16H31N3O2. The van der Waals surface area contributed by atoms with E-state index in [2.05, 4.69) is 17.1 Å². The van der Waals surface area contributed by atoms with Crippen LogP contribution in [0.5, 0.6) is 0 Å². The van der Waals surface area contributed by atoms with Gasteiger partial charge in [-0.2, -0.15) is 0 Å². The van der Waals surface area contributed by atoms with Gasteiger partial charge in [0.25, 0.3) is 0 Å². The summed E-state index contributed by atoms with van der Waals surface area (Å²) in [6, 6.07) is 0.0543. The third kappa shape index (κ3) is 5.47. The summed E-state index contributed by atoms with van der Waals surface area (Å²) in [5.41, 5.74) is -0.222. The normalized spacial score (nSPS) is 24.0. The molecule has 0 aromatic carbocycles. The summed E-state index contributed by atoms with van der Waals surface area (Å²) in [6.07, 6.45) is 3.66. The van der Waals surface area contributed by atoms with E-state index in [0.717, 1.165) is 25.4 Å². The number of ether oxygens (including phenoxy) is 1. The zero-order chi connectivity index (χ0) is 15.3. The number of urea groups is 1. The minimum absolute atomic E-state index is 0.0543. The van der Waals surface area contributed by atoms with Crippen LogP contribution in [0.25, 0.3) is 0 Å². The first kappa shape index (κ1) is 16.6. The maximum Gasteiger partial charge on any atom is 0.317 e. The van der Waals surface area contributed by atoms with Crippen LogP contribution in [-0.2, 0) is 4.74 Å². The van der Waals surface area contributed by atoms with Gasteiger partial charge in [-0.25, -0.2) is 4.79 Å². The van der Waals surface area contributed by atoms with Crippen LogP contribution in [0.2, 0.25) is 0 Å². The van der Waals surface area contributed by atoms with Gasteiger partial charge in [-0.1, -0.05) is 6.92 Å². The molecule has 0 aromatic heterocycles. The van der Waals surface area contributed by atoms with Gasteiger partial charge < -0.3 is 19.9 Å². The first-order valence-corrected chi connectivity index (χ1v) is 8.35. The molecule has 0 aromatic rings. The third-order valence-electron chi connectivity index (χ3n) is 4.52. The monoisotopic (exact) mass is 297 g/mol. The number of amides is 2. The highest BCUT2D eigenvalue weighted by molar-refractivity contribution is 5.74. The molecule has 0 bridgehead atoms. The Morgan fingerprint density at radius 1 is 1.29 bits per heavy atom. The smallest absolute Gasteiger partial charge is 0.317 e. The number of likely N-dealkylation sites (tertiary alicyclic amines) is 1. The van der Waals surface area contributed by atoms with E-state index in [1.54, 1.807) is 0 Å². The quantitative estimate of drug-likeness (QED) is 0.807. The molecule has 2 rings (SSSR count). The molecule has 0 aliphatic carbocycles. The summed E-state index contributed by atoms with van der Waals surface area (Å²) < 4.78 is 5.63. The maximum atomic E-state index is 12.1. The fraction of sp³-hybridized carbons (Fsp3) is 0.938. The van der Waals surface area contributed by atoms with Crippen LogP contribution < -0.4 is 5.32 Å². The van der Waals surface area contributed by atoms with Crippen molar-refractivity contribution in [2.75, 3.05) is 45.9 Å². The van der Waals surface area contributed by atoms with Gasteiger partial charge in [-0.3, -0.25) is 0 Å². The molecule has 2 fully saturated rings. The predicted octanol–water partition coefficient (Wildman–Crippen LogP) is 1.93. The number of morpholine rings is 1. The molecule has 2 heterocycles. The largest absolute Gasteiger partial charge is 0.372 e. The Labute approximate surface area is 129 Å². The Kier molecular flexibility index (Phi) is 5.88. The first-order valence-electron chi connectivity index (χ1n) is 8.35. The van der Waals surface area contributed by atoms with Crippen molar-refractivity contribution in [3.05, 3.63) is 0 Å². The Hall–Kier alpha value is -0.810. The van der Waals surface area contributed by atoms with Gasteiger partial charge in [-0.15, -0.1) is 0 Å². The number of nitrogens with one attached hydrogen (secondary N) is 1. The van der Waals surface area contributed by atoms with E-state index in [1.165, 1.54) is 25.9 Å². The summed E-state index contributed by atoms with van der Waals surface area (Å²) in [4.78, 5) is 16.5. The van der Waals surface area contributed by atoms with Crippen molar-refractivity contribution >= 4 is 6.03 Å². The van der Waals surface area contributed by atoms with E-state index in [1.807, 2.05) is 18.7 Å². The van der Waals surface area contributed by atoms with E-state index >= 15 is 0 Å². The summed E-state index contributed by atoms with van der Waals surface area (Å²) >= 11 is 0.